The minimum absolute atomic E-state index is 0.00764. The number of rotatable bonds is 12. The largest absolute Gasteiger partial charge is 0.493 e. The van der Waals surface area contributed by atoms with Crippen molar-refractivity contribution in [1.82, 2.24) is 4.57 Å². The van der Waals surface area contributed by atoms with Crippen molar-refractivity contribution in [3.8, 4) is 22.8 Å². The maximum atomic E-state index is 12.5. The van der Waals surface area contributed by atoms with Gasteiger partial charge in [-0.3, -0.25) is 9.59 Å². The van der Waals surface area contributed by atoms with Crippen LogP contribution in [0, 0.1) is 5.92 Å². The van der Waals surface area contributed by atoms with E-state index in [2.05, 4.69) is 13.8 Å². The second-order valence-corrected chi connectivity index (χ2v) is 9.08. The summed E-state index contributed by atoms with van der Waals surface area (Å²) in [6, 6.07) is 5.24. The number of carboxylic acid groups (broad SMARTS) is 2. The number of benzene rings is 1. The summed E-state index contributed by atoms with van der Waals surface area (Å²) in [5.74, 6) is -0.546. The highest BCUT2D eigenvalue weighted by atomic mass is 16.5. The maximum Gasteiger partial charge on any atom is 0.341 e. The van der Waals surface area contributed by atoms with E-state index in [4.69, 9.17) is 14.6 Å². The first kappa shape index (κ1) is 25.3. The Morgan fingerprint density at radius 2 is 1.76 bits per heavy atom. The molecule has 3 rings (SSSR count). The van der Waals surface area contributed by atoms with Crippen molar-refractivity contribution in [3.05, 3.63) is 45.7 Å². The van der Waals surface area contributed by atoms with Gasteiger partial charge >= 0.3 is 11.9 Å². The summed E-state index contributed by atoms with van der Waals surface area (Å²) < 4.78 is 13.5. The predicted octanol–water partition coefficient (Wildman–Crippen LogP) is 4.78. The van der Waals surface area contributed by atoms with E-state index in [1.165, 1.54) is 12.3 Å². The molecule has 2 aromatic rings. The van der Waals surface area contributed by atoms with E-state index < -0.39 is 17.4 Å². The molecular formula is C26H33NO7. The minimum Gasteiger partial charge on any atom is -0.493 e. The van der Waals surface area contributed by atoms with Gasteiger partial charge in [-0.1, -0.05) is 33.1 Å². The molecule has 1 unspecified atom stereocenters. The average Bonchev–Trinajstić information content (AvgIpc) is 2.78. The molecule has 0 saturated carbocycles. The number of methoxy groups -OCH3 is 1. The number of unbranched alkanes of at least 4 members (excludes halogenated alkanes) is 4. The Bertz CT molecular complexity index is 1100. The van der Waals surface area contributed by atoms with Gasteiger partial charge < -0.3 is 24.3 Å². The van der Waals surface area contributed by atoms with Crippen molar-refractivity contribution in [2.24, 2.45) is 5.92 Å². The number of ether oxygens (including phenoxy) is 2. The Labute approximate surface area is 199 Å². The topological polar surface area (TPSA) is 115 Å². The van der Waals surface area contributed by atoms with Crippen LogP contribution < -0.4 is 14.9 Å². The molecule has 184 valence electrons. The van der Waals surface area contributed by atoms with Gasteiger partial charge in [-0.15, -0.1) is 0 Å². The fraction of sp³-hybridized carbons (Fsp3) is 0.500. The fourth-order valence-corrected chi connectivity index (χ4v) is 4.45. The molecule has 0 fully saturated rings. The molecule has 2 heterocycles. The number of aliphatic carboxylic acids is 1. The van der Waals surface area contributed by atoms with E-state index in [1.807, 2.05) is 16.7 Å². The van der Waals surface area contributed by atoms with Crippen LogP contribution in [0.3, 0.4) is 0 Å². The second-order valence-electron chi connectivity index (χ2n) is 9.08. The lowest BCUT2D eigenvalue weighted by molar-refractivity contribution is -0.137. The summed E-state index contributed by atoms with van der Waals surface area (Å²) in [5, 5.41) is 18.1. The Hall–Kier alpha value is -3.29. The molecule has 0 aliphatic carbocycles. The highest BCUT2D eigenvalue weighted by Crippen LogP contribution is 2.42. The van der Waals surface area contributed by atoms with Crippen molar-refractivity contribution >= 4 is 11.9 Å². The number of pyridine rings is 1. The third-order valence-electron chi connectivity index (χ3n) is 6.32. The number of nitrogens with zero attached hydrogens (tertiary/aromatic N) is 1. The molecule has 0 radical (unpaired) electrons. The molecule has 1 aliphatic heterocycles. The van der Waals surface area contributed by atoms with E-state index in [0.717, 1.165) is 36.8 Å². The van der Waals surface area contributed by atoms with Crippen LogP contribution in [0.4, 0.5) is 0 Å². The van der Waals surface area contributed by atoms with Gasteiger partial charge in [0.1, 0.15) is 5.56 Å². The van der Waals surface area contributed by atoms with E-state index in [9.17, 15) is 19.5 Å². The molecule has 1 aromatic heterocycles. The number of hydrogen-bond donors (Lipinski definition) is 2. The number of carboxylic acids is 2. The van der Waals surface area contributed by atoms with E-state index in [-0.39, 0.29) is 23.9 Å². The third kappa shape index (κ3) is 5.79. The highest BCUT2D eigenvalue weighted by Gasteiger charge is 2.29. The van der Waals surface area contributed by atoms with Gasteiger partial charge in [0.2, 0.25) is 0 Å². The van der Waals surface area contributed by atoms with Gasteiger partial charge in [-0.05, 0) is 42.9 Å². The zero-order valence-electron chi connectivity index (χ0n) is 20.0. The average molecular weight is 472 g/mol. The van der Waals surface area contributed by atoms with Crippen LogP contribution in [-0.4, -0.2) is 40.4 Å². The van der Waals surface area contributed by atoms with Crippen molar-refractivity contribution < 1.29 is 29.3 Å². The molecule has 0 amide bonds. The van der Waals surface area contributed by atoms with Crippen LogP contribution in [0.15, 0.2) is 29.2 Å². The van der Waals surface area contributed by atoms with Gasteiger partial charge in [0, 0.05) is 30.3 Å². The SMILES string of the molecule is COc1cc2c(cc1OCCCCCCCC(=O)O)CC(C(C)C)n1cc(C(=O)O)c(=O)cc1-2. The molecule has 1 atom stereocenters. The van der Waals surface area contributed by atoms with Gasteiger partial charge in [-0.25, -0.2) is 4.79 Å². The van der Waals surface area contributed by atoms with Crippen molar-refractivity contribution in [2.45, 2.75) is 64.8 Å². The number of carbonyl (C=O) groups is 2. The smallest absolute Gasteiger partial charge is 0.341 e. The quantitative estimate of drug-likeness (QED) is 0.428. The third-order valence-corrected chi connectivity index (χ3v) is 6.32. The zero-order valence-corrected chi connectivity index (χ0v) is 20.0. The molecule has 34 heavy (non-hydrogen) atoms. The van der Waals surface area contributed by atoms with Crippen LogP contribution >= 0.6 is 0 Å². The first-order chi connectivity index (χ1) is 16.2. The Balaban J connectivity index is 1.79. The van der Waals surface area contributed by atoms with Crippen LogP contribution in [0.2, 0.25) is 0 Å². The molecule has 0 saturated heterocycles. The normalized spacial score (nSPS) is 14.4. The summed E-state index contributed by atoms with van der Waals surface area (Å²) in [6.07, 6.45) is 6.75. The fourth-order valence-electron chi connectivity index (χ4n) is 4.45. The molecule has 0 spiro atoms. The Morgan fingerprint density at radius 1 is 1.06 bits per heavy atom. The standard InChI is InChI=1S/C26H33NO7/c1-16(2)20-11-17-12-24(34-10-8-6-4-5-7-9-25(29)30)23(33-3)13-18(17)21-14-22(28)19(26(31)32)15-27(20)21/h12-16,20H,4-11H2,1-3H3,(H,29,30)(H,31,32). The summed E-state index contributed by atoms with van der Waals surface area (Å²) in [7, 11) is 1.57. The Morgan fingerprint density at radius 3 is 2.41 bits per heavy atom. The van der Waals surface area contributed by atoms with Crippen LogP contribution in [0.5, 0.6) is 11.5 Å². The van der Waals surface area contributed by atoms with E-state index >= 15 is 0 Å². The maximum absolute atomic E-state index is 12.5. The summed E-state index contributed by atoms with van der Waals surface area (Å²) in [6.45, 7) is 4.68. The number of aromatic nitrogens is 1. The lowest BCUT2D eigenvalue weighted by atomic mass is 9.87. The molecule has 1 aromatic carbocycles. The molecule has 1 aliphatic rings. The van der Waals surface area contributed by atoms with E-state index in [0.29, 0.717) is 36.6 Å². The van der Waals surface area contributed by atoms with E-state index in [1.54, 1.807) is 7.11 Å². The molecular weight excluding hydrogens is 438 g/mol. The zero-order chi connectivity index (χ0) is 24.8. The van der Waals surface area contributed by atoms with Gasteiger partial charge in [0.15, 0.2) is 16.9 Å². The van der Waals surface area contributed by atoms with Crippen LogP contribution in [0.1, 0.15) is 74.3 Å². The van der Waals surface area contributed by atoms with Gasteiger partial charge in [0.05, 0.1) is 19.4 Å². The second kappa shape index (κ2) is 11.2. The number of aromatic carboxylic acids is 1. The number of fused-ring (bicyclic) bond motifs is 3. The lowest BCUT2D eigenvalue weighted by Crippen LogP contribution is -2.28. The predicted molar refractivity (Wildman–Crippen MR) is 128 cm³/mol. The molecule has 2 N–H and O–H groups in total. The van der Waals surface area contributed by atoms with Crippen LogP contribution in [0.25, 0.3) is 11.3 Å². The number of hydrogen-bond acceptors (Lipinski definition) is 5. The summed E-state index contributed by atoms with van der Waals surface area (Å²) in [5.41, 5.74) is 1.81. The minimum atomic E-state index is -1.23. The van der Waals surface area contributed by atoms with Crippen molar-refractivity contribution in [1.29, 1.82) is 0 Å². The van der Waals surface area contributed by atoms with Crippen molar-refractivity contribution in [2.75, 3.05) is 13.7 Å². The lowest BCUT2D eigenvalue weighted by Gasteiger charge is -2.33. The van der Waals surface area contributed by atoms with Crippen LogP contribution in [-0.2, 0) is 11.2 Å². The van der Waals surface area contributed by atoms with Gasteiger partial charge in [-0.2, -0.15) is 0 Å². The van der Waals surface area contributed by atoms with Crippen molar-refractivity contribution in [3.63, 3.8) is 0 Å². The molecule has 0 bridgehead atoms. The highest BCUT2D eigenvalue weighted by molar-refractivity contribution is 5.88. The monoisotopic (exact) mass is 471 g/mol. The first-order valence-corrected chi connectivity index (χ1v) is 11.8. The molecule has 8 nitrogen and oxygen atoms in total. The molecule has 8 heteroatoms. The Kier molecular flexibility index (Phi) is 8.36. The first-order valence-electron chi connectivity index (χ1n) is 11.8. The summed E-state index contributed by atoms with van der Waals surface area (Å²) >= 11 is 0. The summed E-state index contributed by atoms with van der Waals surface area (Å²) in [4.78, 5) is 34.6. The van der Waals surface area contributed by atoms with Gasteiger partial charge in [0.25, 0.3) is 0 Å².